The van der Waals surface area contributed by atoms with E-state index in [-0.39, 0.29) is 41.5 Å². The summed E-state index contributed by atoms with van der Waals surface area (Å²) < 4.78 is 22.1. The molecule has 1 fully saturated rings. The quantitative estimate of drug-likeness (QED) is 0.395. The monoisotopic (exact) mass is 518 g/mol. The lowest BCUT2D eigenvalue weighted by molar-refractivity contribution is -0.123. The van der Waals surface area contributed by atoms with Crippen LogP contribution in [-0.4, -0.2) is 37.0 Å². The molecule has 198 valence electrons. The second kappa shape index (κ2) is 11.0. The molecular weight excluding hydrogens is 488 g/mol. The number of fused-ring (bicyclic) bond motifs is 1. The average molecular weight is 519 g/mol. The van der Waals surface area contributed by atoms with Gasteiger partial charge in [0.15, 0.2) is 23.0 Å². The maximum atomic E-state index is 14.1. The number of benzene rings is 2. The van der Waals surface area contributed by atoms with Crippen molar-refractivity contribution >= 4 is 23.3 Å². The van der Waals surface area contributed by atoms with Crippen molar-refractivity contribution in [3.63, 3.8) is 0 Å². The molecule has 2 amide bonds. The number of furan rings is 1. The van der Waals surface area contributed by atoms with Crippen LogP contribution < -0.4 is 24.4 Å². The summed E-state index contributed by atoms with van der Waals surface area (Å²) in [5.41, 5.74) is 0.999. The molecule has 0 saturated heterocycles. The highest BCUT2D eigenvalue weighted by Crippen LogP contribution is 2.42. The Labute approximate surface area is 220 Å². The van der Waals surface area contributed by atoms with E-state index in [0.29, 0.717) is 29.4 Å². The lowest BCUT2D eigenvalue weighted by Crippen LogP contribution is -2.46. The van der Waals surface area contributed by atoms with Crippen LogP contribution in [0.4, 0.5) is 5.69 Å². The fourth-order valence-corrected chi connectivity index (χ4v) is 4.98. The Morgan fingerprint density at radius 3 is 2.39 bits per heavy atom. The molecule has 0 radical (unpaired) electrons. The molecule has 2 aliphatic rings. The maximum Gasteiger partial charge on any atom is 0.294 e. The van der Waals surface area contributed by atoms with Crippen molar-refractivity contribution in [1.82, 2.24) is 5.32 Å². The Hall–Kier alpha value is -4.27. The van der Waals surface area contributed by atoms with E-state index in [2.05, 4.69) is 5.32 Å². The molecule has 2 heterocycles. The number of hydrogen-bond donors (Lipinski definition) is 1. The lowest BCUT2D eigenvalue weighted by Gasteiger charge is -2.33. The highest BCUT2D eigenvalue weighted by atomic mass is 16.7. The second-order valence-electron chi connectivity index (χ2n) is 9.33. The minimum absolute atomic E-state index is 0.00720. The molecule has 2 aromatic carbocycles. The van der Waals surface area contributed by atoms with Crippen molar-refractivity contribution in [3.05, 3.63) is 71.7 Å². The number of Topliss-reactive ketones (excluding diaryl/α,β-unsaturated/α-hetero) is 1. The molecule has 1 N–H and O–H groups in total. The maximum absolute atomic E-state index is 14.1. The van der Waals surface area contributed by atoms with Crippen molar-refractivity contribution < 1.29 is 33.0 Å². The Morgan fingerprint density at radius 1 is 1.05 bits per heavy atom. The van der Waals surface area contributed by atoms with Crippen LogP contribution in [0.15, 0.2) is 59.2 Å². The van der Waals surface area contributed by atoms with Crippen LogP contribution in [0, 0.1) is 0 Å². The van der Waals surface area contributed by atoms with E-state index < -0.39 is 11.9 Å². The molecule has 0 unspecified atom stereocenters. The molecular formula is C29H30N2O7. The average Bonchev–Trinajstić information content (AvgIpc) is 3.70. The molecule has 1 aliphatic carbocycles. The third-order valence-corrected chi connectivity index (χ3v) is 6.80. The number of carbonyl (C=O) groups is 3. The normalized spacial score (nSPS) is 15.2. The zero-order chi connectivity index (χ0) is 26.6. The molecule has 1 aliphatic heterocycles. The van der Waals surface area contributed by atoms with E-state index in [1.807, 2.05) is 6.92 Å². The van der Waals surface area contributed by atoms with Crippen LogP contribution >= 0.6 is 0 Å². The van der Waals surface area contributed by atoms with Gasteiger partial charge in [0.2, 0.25) is 12.7 Å². The summed E-state index contributed by atoms with van der Waals surface area (Å²) in [7, 11) is 0. The molecule has 3 aromatic rings. The fraction of sp³-hybridized carbons (Fsp3) is 0.345. The van der Waals surface area contributed by atoms with Crippen LogP contribution in [0.2, 0.25) is 0 Å². The van der Waals surface area contributed by atoms with Gasteiger partial charge in [-0.1, -0.05) is 25.0 Å². The number of hydrogen-bond acceptors (Lipinski definition) is 7. The minimum atomic E-state index is -1.11. The first-order valence-electron chi connectivity index (χ1n) is 12.8. The first-order valence-corrected chi connectivity index (χ1v) is 12.8. The number of amides is 2. The number of ketones is 1. The fourth-order valence-electron chi connectivity index (χ4n) is 4.98. The summed E-state index contributed by atoms with van der Waals surface area (Å²) in [5.74, 6) is 0.229. The van der Waals surface area contributed by atoms with Gasteiger partial charge in [0, 0.05) is 17.7 Å². The topological polar surface area (TPSA) is 107 Å². The van der Waals surface area contributed by atoms with Gasteiger partial charge in [0.1, 0.15) is 11.8 Å². The van der Waals surface area contributed by atoms with Gasteiger partial charge < -0.3 is 23.9 Å². The summed E-state index contributed by atoms with van der Waals surface area (Å²) >= 11 is 0. The van der Waals surface area contributed by atoms with Gasteiger partial charge in [-0.05, 0) is 62.6 Å². The molecule has 1 aromatic heterocycles. The third-order valence-electron chi connectivity index (χ3n) is 6.80. The molecule has 5 rings (SSSR count). The summed E-state index contributed by atoms with van der Waals surface area (Å²) in [5, 5.41) is 3.13. The van der Waals surface area contributed by atoms with Gasteiger partial charge in [-0.2, -0.15) is 0 Å². The molecule has 9 heteroatoms. The number of carbonyl (C=O) groups excluding carboxylic acids is 3. The van der Waals surface area contributed by atoms with E-state index in [9.17, 15) is 14.4 Å². The van der Waals surface area contributed by atoms with Gasteiger partial charge >= 0.3 is 0 Å². The summed E-state index contributed by atoms with van der Waals surface area (Å²) in [6.07, 6.45) is 5.20. The number of ether oxygens (including phenoxy) is 3. The second-order valence-corrected chi connectivity index (χ2v) is 9.33. The van der Waals surface area contributed by atoms with Gasteiger partial charge in [0.25, 0.3) is 5.91 Å². The predicted molar refractivity (Wildman–Crippen MR) is 139 cm³/mol. The largest absolute Gasteiger partial charge is 0.494 e. The van der Waals surface area contributed by atoms with Crippen LogP contribution in [0.3, 0.4) is 0 Å². The van der Waals surface area contributed by atoms with Crippen LogP contribution in [-0.2, 0) is 4.79 Å². The van der Waals surface area contributed by atoms with Gasteiger partial charge in [-0.3, -0.25) is 19.3 Å². The first kappa shape index (κ1) is 25.4. The molecule has 1 saturated carbocycles. The molecule has 0 spiro atoms. The predicted octanol–water partition coefficient (Wildman–Crippen LogP) is 5.06. The highest BCUT2D eigenvalue weighted by molar-refractivity contribution is 6.13. The summed E-state index contributed by atoms with van der Waals surface area (Å²) in [6, 6.07) is 12.2. The number of nitrogens with zero attached hydrogens (tertiary/aromatic N) is 1. The Balaban J connectivity index is 1.67. The SMILES string of the molecule is CCOc1ccc([C@H](C(=O)NC2CCCC2)N(C(=O)c2ccco2)c2cc3c(cc2C(C)=O)OCO3)cc1. The Bertz CT molecular complexity index is 1310. The Morgan fingerprint density at radius 2 is 1.76 bits per heavy atom. The minimum Gasteiger partial charge on any atom is -0.494 e. The number of rotatable bonds is 9. The first-order chi connectivity index (χ1) is 18.5. The molecule has 9 nitrogen and oxygen atoms in total. The molecule has 1 atom stereocenters. The number of nitrogens with one attached hydrogen (secondary N) is 1. The van der Waals surface area contributed by atoms with E-state index in [4.69, 9.17) is 18.6 Å². The zero-order valence-electron chi connectivity index (χ0n) is 21.4. The standard InChI is InChI=1S/C29H30N2O7/c1-3-35-21-12-10-19(11-13-21)27(28(33)30-20-7-4-5-8-20)31(29(34)24-9-6-14-36-24)23-16-26-25(37-17-38-26)15-22(23)18(2)32/h6,9-16,20,27H,3-5,7-8,17H2,1-2H3,(H,30,33)/t27-/m1/s1. The van der Waals surface area contributed by atoms with E-state index in [0.717, 1.165) is 25.7 Å². The van der Waals surface area contributed by atoms with Gasteiger partial charge in [0.05, 0.1) is 18.6 Å². The van der Waals surface area contributed by atoms with Crippen molar-refractivity contribution in [1.29, 1.82) is 0 Å². The van der Waals surface area contributed by atoms with Crippen molar-refractivity contribution in [2.75, 3.05) is 18.3 Å². The zero-order valence-corrected chi connectivity index (χ0v) is 21.4. The molecule has 38 heavy (non-hydrogen) atoms. The summed E-state index contributed by atoms with van der Waals surface area (Å²) in [4.78, 5) is 42.2. The van der Waals surface area contributed by atoms with Crippen LogP contribution in [0.25, 0.3) is 0 Å². The van der Waals surface area contributed by atoms with E-state index in [1.165, 1.54) is 24.2 Å². The lowest BCUT2D eigenvalue weighted by atomic mass is 9.99. The highest BCUT2D eigenvalue weighted by Gasteiger charge is 2.38. The van der Waals surface area contributed by atoms with Gasteiger partial charge in [-0.15, -0.1) is 0 Å². The molecule has 0 bridgehead atoms. The Kier molecular flexibility index (Phi) is 7.35. The number of anilines is 1. The van der Waals surface area contributed by atoms with Crippen molar-refractivity contribution in [2.24, 2.45) is 0 Å². The van der Waals surface area contributed by atoms with Gasteiger partial charge in [-0.25, -0.2) is 0 Å². The van der Waals surface area contributed by atoms with Crippen LogP contribution in [0.1, 0.15) is 72.0 Å². The van der Waals surface area contributed by atoms with Crippen LogP contribution in [0.5, 0.6) is 17.2 Å². The summed E-state index contributed by atoms with van der Waals surface area (Å²) in [6.45, 7) is 3.78. The van der Waals surface area contributed by atoms with Crippen molar-refractivity contribution in [3.8, 4) is 17.2 Å². The smallest absolute Gasteiger partial charge is 0.294 e. The van der Waals surface area contributed by atoms with Crippen molar-refractivity contribution in [2.45, 2.75) is 51.6 Å². The van der Waals surface area contributed by atoms with E-state index >= 15 is 0 Å². The third kappa shape index (κ3) is 5.09. The van der Waals surface area contributed by atoms with E-state index in [1.54, 1.807) is 42.5 Å².